The molecule has 0 heterocycles. The van der Waals surface area contributed by atoms with Gasteiger partial charge in [-0.1, -0.05) is 0 Å². The summed E-state index contributed by atoms with van der Waals surface area (Å²) in [5, 5.41) is 3.36. The molecule has 0 bridgehead atoms. The molecule has 1 saturated carbocycles. The lowest BCUT2D eigenvalue weighted by Crippen LogP contribution is -2.19. The van der Waals surface area contributed by atoms with E-state index in [1.807, 2.05) is 0 Å². The Morgan fingerprint density at radius 2 is 1.77 bits per heavy atom. The highest BCUT2D eigenvalue weighted by molar-refractivity contribution is 8.00. The van der Waals surface area contributed by atoms with Crippen molar-refractivity contribution in [2.75, 3.05) is 27.3 Å². The van der Waals surface area contributed by atoms with E-state index in [-0.39, 0.29) is 28.2 Å². The van der Waals surface area contributed by atoms with Crippen molar-refractivity contribution in [1.29, 1.82) is 0 Å². The summed E-state index contributed by atoms with van der Waals surface area (Å²) < 4.78 is 48.2. The molecule has 0 aliphatic heterocycles. The minimum Gasteiger partial charge on any atom is -0.495 e. The zero-order valence-electron chi connectivity index (χ0n) is 12.6. The van der Waals surface area contributed by atoms with Crippen molar-refractivity contribution < 1.29 is 22.6 Å². The predicted molar refractivity (Wildman–Crippen MR) is 80.8 cm³/mol. The van der Waals surface area contributed by atoms with E-state index in [2.05, 4.69) is 5.32 Å². The molecule has 0 amide bonds. The average Bonchev–Trinajstić information content (AvgIpc) is 3.27. The molecule has 1 aliphatic rings. The van der Waals surface area contributed by atoms with Gasteiger partial charge in [-0.15, -0.1) is 0 Å². The molecule has 0 aromatic heterocycles. The number of hydrogen-bond acceptors (Lipinski definition) is 4. The first-order valence-corrected chi connectivity index (χ1v) is 7.96. The lowest BCUT2D eigenvalue weighted by molar-refractivity contribution is -0.0329. The molecule has 2 rings (SSSR count). The van der Waals surface area contributed by atoms with Crippen LogP contribution in [-0.2, 0) is 6.42 Å². The molecule has 124 valence electrons. The molecule has 1 fully saturated rings. The van der Waals surface area contributed by atoms with Gasteiger partial charge in [0.15, 0.2) is 0 Å². The van der Waals surface area contributed by atoms with Gasteiger partial charge in [-0.2, -0.15) is 13.2 Å². The predicted octanol–water partition coefficient (Wildman–Crippen LogP) is 3.86. The Bertz CT molecular complexity index is 479. The number of halogens is 3. The van der Waals surface area contributed by atoms with E-state index in [0.29, 0.717) is 0 Å². The van der Waals surface area contributed by atoms with Gasteiger partial charge in [-0.3, -0.25) is 0 Å². The number of nitrogens with one attached hydrogen (secondary N) is 1. The Morgan fingerprint density at radius 3 is 2.23 bits per heavy atom. The third-order valence-corrected chi connectivity index (χ3v) is 4.30. The molecule has 1 aromatic rings. The topological polar surface area (TPSA) is 30.5 Å². The van der Waals surface area contributed by atoms with Gasteiger partial charge in [0.2, 0.25) is 0 Å². The second-order valence-electron chi connectivity index (χ2n) is 5.27. The number of rotatable bonds is 8. The summed E-state index contributed by atoms with van der Waals surface area (Å²) in [4.78, 5) is -0.0350. The van der Waals surface area contributed by atoms with Crippen molar-refractivity contribution in [3.63, 3.8) is 0 Å². The first kappa shape index (κ1) is 17.3. The van der Waals surface area contributed by atoms with Crippen molar-refractivity contribution in [2.45, 2.75) is 29.7 Å². The van der Waals surface area contributed by atoms with Gasteiger partial charge in [-0.05, 0) is 67.7 Å². The van der Waals surface area contributed by atoms with Crippen molar-refractivity contribution >= 4 is 11.8 Å². The second kappa shape index (κ2) is 7.46. The van der Waals surface area contributed by atoms with Crippen LogP contribution in [0.5, 0.6) is 11.5 Å². The highest BCUT2D eigenvalue weighted by atomic mass is 32.2. The molecule has 0 unspecified atom stereocenters. The van der Waals surface area contributed by atoms with Crippen LogP contribution in [0.25, 0.3) is 0 Å². The van der Waals surface area contributed by atoms with Crippen molar-refractivity contribution in [2.24, 2.45) is 5.92 Å². The maximum absolute atomic E-state index is 12.6. The molecular weight excluding hydrogens is 315 g/mol. The SMILES string of the molecule is COc1cc(CCNCC2CC2)cc(OC)c1SC(F)(F)F. The van der Waals surface area contributed by atoms with E-state index in [9.17, 15) is 13.2 Å². The van der Waals surface area contributed by atoms with Crippen LogP contribution in [0.1, 0.15) is 18.4 Å². The Labute approximate surface area is 132 Å². The zero-order valence-corrected chi connectivity index (χ0v) is 13.4. The third kappa shape index (κ3) is 5.28. The summed E-state index contributed by atoms with van der Waals surface area (Å²) >= 11 is -0.213. The highest BCUT2D eigenvalue weighted by Crippen LogP contribution is 2.46. The Balaban J connectivity index is 2.07. The van der Waals surface area contributed by atoms with Crippen molar-refractivity contribution in [1.82, 2.24) is 5.32 Å². The molecule has 0 atom stereocenters. The maximum atomic E-state index is 12.6. The molecule has 0 radical (unpaired) electrons. The van der Waals surface area contributed by atoms with Crippen LogP contribution in [-0.4, -0.2) is 32.8 Å². The van der Waals surface area contributed by atoms with E-state index >= 15 is 0 Å². The normalized spacial score (nSPS) is 15.0. The van der Waals surface area contributed by atoms with Crippen LogP contribution in [0.2, 0.25) is 0 Å². The number of methoxy groups -OCH3 is 2. The fraction of sp³-hybridized carbons (Fsp3) is 0.600. The first-order chi connectivity index (χ1) is 10.4. The Kier molecular flexibility index (Phi) is 5.86. The third-order valence-electron chi connectivity index (χ3n) is 3.46. The maximum Gasteiger partial charge on any atom is 0.446 e. The molecule has 0 saturated heterocycles. The van der Waals surface area contributed by atoms with Crippen LogP contribution in [0.4, 0.5) is 13.2 Å². The lowest BCUT2D eigenvalue weighted by atomic mass is 10.1. The summed E-state index contributed by atoms with van der Waals surface area (Å²) in [5.41, 5.74) is -3.49. The number of thioether (sulfide) groups is 1. The van der Waals surface area contributed by atoms with Gasteiger partial charge in [0, 0.05) is 0 Å². The highest BCUT2D eigenvalue weighted by Gasteiger charge is 2.33. The summed E-state index contributed by atoms with van der Waals surface area (Å²) in [6, 6.07) is 3.30. The Hall–Kier alpha value is -1.08. The summed E-state index contributed by atoms with van der Waals surface area (Å²) in [5.74, 6) is 1.19. The molecule has 7 heteroatoms. The van der Waals surface area contributed by atoms with E-state index in [1.165, 1.54) is 27.1 Å². The van der Waals surface area contributed by atoms with Gasteiger partial charge in [0.05, 0.1) is 19.1 Å². The smallest absolute Gasteiger partial charge is 0.446 e. The van der Waals surface area contributed by atoms with Gasteiger partial charge >= 0.3 is 5.51 Å². The van der Waals surface area contributed by atoms with Crippen LogP contribution in [0.3, 0.4) is 0 Å². The van der Waals surface area contributed by atoms with E-state index in [0.717, 1.165) is 31.0 Å². The zero-order chi connectivity index (χ0) is 16.2. The molecule has 22 heavy (non-hydrogen) atoms. The summed E-state index contributed by atoms with van der Waals surface area (Å²) in [6.07, 6.45) is 3.30. The molecule has 1 aliphatic carbocycles. The number of alkyl halides is 3. The minimum atomic E-state index is -4.38. The summed E-state index contributed by atoms with van der Waals surface area (Å²) in [7, 11) is 2.73. The van der Waals surface area contributed by atoms with Gasteiger partial charge in [0.25, 0.3) is 0 Å². The van der Waals surface area contributed by atoms with Crippen LogP contribution < -0.4 is 14.8 Å². The monoisotopic (exact) mass is 335 g/mol. The van der Waals surface area contributed by atoms with Gasteiger partial charge < -0.3 is 14.8 Å². The quantitative estimate of drug-likeness (QED) is 0.577. The van der Waals surface area contributed by atoms with Crippen molar-refractivity contribution in [3.05, 3.63) is 17.7 Å². The second-order valence-corrected chi connectivity index (χ2v) is 6.35. The number of ether oxygens (including phenoxy) is 2. The first-order valence-electron chi connectivity index (χ1n) is 7.14. The van der Waals surface area contributed by atoms with E-state index in [1.54, 1.807) is 12.1 Å². The van der Waals surface area contributed by atoms with E-state index in [4.69, 9.17) is 9.47 Å². The minimum absolute atomic E-state index is 0.0350. The largest absolute Gasteiger partial charge is 0.495 e. The molecule has 1 aromatic carbocycles. The molecule has 1 N–H and O–H groups in total. The standard InChI is InChI=1S/C15H20F3NO2S/c1-20-12-7-11(5-6-19-9-10-3-4-10)8-13(21-2)14(12)22-15(16,17)18/h7-8,10,19H,3-6,9H2,1-2H3. The van der Waals surface area contributed by atoms with Crippen LogP contribution in [0.15, 0.2) is 17.0 Å². The fourth-order valence-electron chi connectivity index (χ4n) is 2.16. The lowest BCUT2D eigenvalue weighted by Gasteiger charge is -2.16. The van der Waals surface area contributed by atoms with Crippen LogP contribution >= 0.6 is 11.8 Å². The number of hydrogen-bond donors (Lipinski definition) is 1. The van der Waals surface area contributed by atoms with Crippen molar-refractivity contribution in [3.8, 4) is 11.5 Å². The fourth-order valence-corrected chi connectivity index (χ4v) is 2.87. The summed E-state index contributed by atoms with van der Waals surface area (Å²) in [6.45, 7) is 1.80. The van der Waals surface area contributed by atoms with E-state index < -0.39 is 5.51 Å². The van der Waals surface area contributed by atoms with Crippen LogP contribution in [0, 0.1) is 5.92 Å². The van der Waals surface area contributed by atoms with Gasteiger partial charge in [-0.25, -0.2) is 0 Å². The number of benzene rings is 1. The molecule has 3 nitrogen and oxygen atoms in total. The Morgan fingerprint density at radius 1 is 1.18 bits per heavy atom. The van der Waals surface area contributed by atoms with Gasteiger partial charge in [0.1, 0.15) is 11.5 Å². The molecular formula is C15H20F3NO2S. The average molecular weight is 335 g/mol. The molecule has 0 spiro atoms.